The van der Waals surface area contributed by atoms with Gasteiger partial charge in [-0.15, -0.1) is 0 Å². The van der Waals surface area contributed by atoms with Crippen LogP contribution in [0.25, 0.3) is 0 Å². The number of carboxylic acid groups (broad SMARTS) is 1. The van der Waals surface area contributed by atoms with Crippen molar-refractivity contribution in [2.75, 3.05) is 13.1 Å². The van der Waals surface area contributed by atoms with Crippen LogP contribution in [0.1, 0.15) is 36.0 Å². The van der Waals surface area contributed by atoms with Crippen LogP contribution in [0.15, 0.2) is 18.2 Å². The molecule has 6 heteroatoms. The molecule has 0 aliphatic carbocycles. The van der Waals surface area contributed by atoms with Crippen LogP contribution in [-0.4, -0.2) is 35.0 Å². The Morgan fingerprint density at radius 1 is 1.43 bits per heavy atom. The topological polar surface area (TPSA) is 57.6 Å². The zero-order valence-corrected chi connectivity index (χ0v) is 13.7. The van der Waals surface area contributed by atoms with E-state index in [0.29, 0.717) is 28.6 Å². The van der Waals surface area contributed by atoms with Crippen molar-refractivity contribution in [1.29, 1.82) is 0 Å². The summed E-state index contributed by atoms with van der Waals surface area (Å²) >= 11 is 1.96. The fourth-order valence-electron chi connectivity index (χ4n) is 2.65. The molecule has 1 aliphatic heterocycles. The minimum Gasteiger partial charge on any atom is -0.481 e. The maximum absolute atomic E-state index is 13.1. The highest BCUT2D eigenvalue weighted by atomic mass is 127. The van der Waals surface area contributed by atoms with Gasteiger partial charge in [-0.25, -0.2) is 4.39 Å². The number of carbonyl (C=O) groups excluding carboxylic acids is 1. The van der Waals surface area contributed by atoms with Crippen molar-refractivity contribution in [2.45, 2.75) is 25.7 Å². The quantitative estimate of drug-likeness (QED) is 0.784. The van der Waals surface area contributed by atoms with E-state index in [0.717, 1.165) is 12.8 Å². The summed E-state index contributed by atoms with van der Waals surface area (Å²) in [5, 5.41) is 8.74. The normalized spacial score (nSPS) is 18.6. The van der Waals surface area contributed by atoms with E-state index >= 15 is 0 Å². The van der Waals surface area contributed by atoms with Crippen molar-refractivity contribution in [3.63, 3.8) is 0 Å². The number of likely N-dealkylation sites (tertiary alicyclic amines) is 1. The average Bonchev–Trinajstić information content (AvgIpc) is 2.45. The van der Waals surface area contributed by atoms with Crippen LogP contribution in [0.3, 0.4) is 0 Å². The van der Waals surface area contributed by atoms with Crippen LogP contribution in [0, 0.1) is 15.3 Å². The zero-order valence-electron chi connectivity index (χ0n) is 11.5. The van der Waals surface area contributed by atoms with E-state index in [4.69, 9.17) is 5.11 Å². The lowest BCUT2D eigenvalue weighted by Gasteiger charge is -2.33. The first-order valence-corrected chi connectivity index (χ1v) is 8.01. The van der Waals surface area contributed by atoms with Crippen molar-refractivity contribution in [3.05, 3.63) is 33.1 Å². The molecule has 1 atom stereocenters. The fraction of sp³-hybridized carbons (Fsp3) is 0.467. The molecule has 114 valence electrons. The second kappa shape index (κ2) is 7.20. The molecule has 1 aliphatic rings. The molecule has 1 saturated heterocycles. The Hall–Kier alpha value is -1.18. The molecule has 1 aromatic rings. The molecule has 4 nitrogen and oxygen atoms in total. The lowest BCUT2D eigenvalue weighted by atomic mass is 9.93. The highest BCUT2D eigenvalue weighted by Gasteiger charge is 2.25. The monoisotopic (exact) mass is 405 g/mol. The lowest BCUT2D eigenvalue weighted by Crippen LogP contribution is -2.40. The van der Waals surface area contributed by atoms with Gasteiger partial charge in [0.2, 0.25) is 0 Å². The number of halogens is 2. The summed E-state index contributed by atoms with van der Waals surface area (Å²) < 4.78 is 13.7. The van der Waals surface area contributed by atoms with Gasteiger partial charge in [-0.1, -0.05) is 0 Å². The third-order valence-corrected chi connectivity index (χ3v) is 4.63. The summed E-state index contributed by atoms with van der Waals surface area (Å²) in [6, 6.07) is 4.15. The molecule has 0 bridgehead atoms. The number of hydrogen-bond donors (Lipinski definition) is 1. The van der Waals surface area contributed by atoms with Crippen LogP contribution in [-0.2, 0) is 4.79 Å². The molecular formula is C15H17FINO3. The predicted molar refractivity (Wildman–Crippen MR) is 84.6 cm³/mol. The molecule has 2 rings (SSSR count). The molecule has 0 spiro atoms. The van der Waals surface area contributed by atoms with Gasteiger partial charge in [0.05, 0.1) is 5.56 Å². The minimum atomic E-state index is -0.800. The van der Waals surface area contributed by atoms with Gasteiger partial charge >= 0.3 is 5.97 Å². The van der Waals surface area contributed by atoms with Crippen molar-refractivity contribution in [2.24, 2.45) is 5.92 Å². The van der Waals surface area contributed by atoms with Gasteiger partial charge in [0.15, 0.2) is 0 Å². The number of benzene rings is 1. The number of hydrogen-bond acceptors (Lipinski definition) is 2. The Morgan fingerprint density at radius 2 is 2.19 bits per heavy atom. The van der Waals surface area contributed by atoms with Gasteiger partial charge in [0, 0.05) is 23.1 Å². The molecule has 0 radical (unpaired) electrons. The van der Waals surface area contributed by atoms with Gasteiger partial charge in [-0.2, -0.15) is 0 Å². The number of carboxylic acids is 1. The van der Waals surface area contributed by atoms with Crippen LogP contribution >= 0.6 is 22.6 Å². The Labute approximate surface area is 136 Å². The summed E-state index contributed by atoms with van der Waals surface area (Å²) in [7, 11) is 0. The van der Waals surface area contributed by atoms with Gasteiger partial charge in [-0.05, 0) is 66.0 Å². The summed E-state index contributed by atoms with van der Waals surface area (Å²) in [6.45, 7) is 1.26. The number of aliphatic carboxylic acids is 1. The van der Waals surface area contributed by atoms with Crippen molar-refractivity contribution < 1.29 is 19.1 Å². The number of amides is 1. The van der Waals surface area contributed by atoms with E-state index < -0.39 is 5.97 Å². The Balaban J connectivity index is 2.03. The first-order valence-electron chi connectivity index (χ1n) is 6.93. The number of rotatable bonds is 4. The molecule has 1 aromatic carbocycles. The number of nitrogens with zero attached hydrogens (tertiary/aromatic N) is 1. The number of piperidine rings is 1. The van der Waals surface area contributed by atoms with Gasteiger partial charge < -0.3 is 10.0 Å². The molecule has 1 fully saturated rings. The van der Waals surface area contributed by atoms with Crippen molar-refractivity contribution >= 4 is 34.5 Å². The smallest absolute Gasteiger partial charge is 0.303 e. The van der Waals surface area contributed by atoms with Crippen LogP contribution < -0.4 is 0 Å². The summed E-state index contributed by atoms with van der Waals surface area (Å²) in [5.74, 6) is -1.02. The fourth-order valence-corrected chi connectivity index (χ4v) is 3.35. The Bertz CT molecular complexity index is 550. The molecule has 1 unspecified atom stereocenters. The van der Waals surface area contributed by atoms with E-state index in [9.17, 15) is 14.0 Å². The Morgan fingerprint density at radius 3 is 2.86 bits per heavy atom. The molecule has 0 aromatic heterocycles. The van der Waals surface area contributed by atoms with Crippen LogP contribution in [0.2, 0.25) is 0 Å². The molecule has 21 heavy (non-hydrogen) atoms. The van der Waals surface area contributed by atoms with Crippen molar-refractivity contribution in [3.8, 4) is 0 Å². The van der Waals surface area contributed by atoms with Crippen molar-refractivity contribution in [1.82, 2.24) is 4.90 Å². The van der Waals surface area contributed by atoms with Crippen LogP contribution in [0.5, 0.6) is 0 Å². The third-order valence-electron chi connectivity index (χ3n) is 3.73. The Kier molecular flexibility index (Phi) is 5.55. The second-order valence-electron chi connectivity index (χ2n) is 5.32. The SMILES string of the molecule is O=C(O)CCC1CCCN(C(=O)c2ccc(F)cc2I)C1. The lowest BCUT2D eigenvalue weighted by molar-refractivity contribution is -0.137. The van der Waals surface area contributed by atoms with E-state index in [-0.39, 0.29) is 24.1 Å². The maximum atomic E-state index is 13.1. The second-order valence-corrected chi connectivity index (χ2v) is 6.48. The molecular weight excluding hydrogens is 388 g/mol. The third kappa shape index (κ3) is 4.39. The highest BCUT2D eigenvalue weighted by Crippen LogP contribution is 2.24. The first kappa shape index (κ1) is 16.2. The predicted octanol–water partition coefficient (Wildman–Crippen LogP) is 3.15. The maximum Gasteiger partial charge on any atom is 0.303 e. The van der Waals surface area contributed by atoms with E-state index in [1.807, 2.05) is 22.6 Å². The highest BCUT2D eigenvalue weighted by molar-refractivity contribution is 14.1. The summed E-state index contributed by atoms with van der Waals surface area (Å²) in [6.07, 6.45) is 2.58. The molecule has 1 heterocycles. The first-order chi connectivity index (χ1) is 9.97. The van der Waals surface area contributed by atoms with Gasteiger partial charge in [0.25, 0.3) is 5.91 Å². The summed E-state index contributed by atoms with van der Waals surface area (Å²) in [5.41, 5.74) is 0.510. The van der Waals surface area contributed by atoms with Gasteiger partial charge in [-0.3, -0.25) is 9.59 Å². The largest absolute Gasteiger partial charge is 0.481 e. The van der Waals surface area contributed by atoms with E-state index in [1.165, 1.54) is 18.2 Å². The molecule has 1 N–H and O–H groups in total. The summed E-state index contributed by atoms with van der Waals surface area (Å²) in [4.78, 5) is 24.9. The van der Waals surface area contributed by atoms with Crippen LogP contribution in [0.4, 0.5) is 4.39 Å². The standard InChI is InChI=1S/C15H17FINO3/c16-11-4-5-12(13(17)8-11)15(21)18-7-1-2-10(9-18)3-6-14(19)20/h4-5,8,10H,1-3,6-7,9H2,(H,19,20). The number of carbonyl (C=O) groups is 2. The van der Waals surface area contributed by atoms with E-state index in [1.54, 1.807) is 4.90 Å². The van der Waals surface area contributed by atoms with E-state index in [2.05, 4.69) is 0 Å². The average molecular weight is 405 g/mol. The zero-order chi connectivity index (χ0) is 15.4. The molecule has 1 amide bonds. The van der Waals surface area contributed by atoms with Gasteiger partial charge in [0.1, 0.15) is 5.82 Å². The minimum absolute atomic E-state index is 0.0978. The molecule has 0 saturated carbocycles.